The van der Waals surface area contributed by atoms with Gasteiger partial charge in [0.1, 0.15) is 0 Å². The molecule has 4 atom stereocenters. The second-order valence-corrected chi connectivity index (χ2v) is 6.75. The van der Waals surface area contributed by atoms with Crippen molar-refractivity contribution in [3.05, 3.63) is 71.8 Å². The van der Waals surface area contributed by atoms with Crippen LogP contribution in [0.15, 0.2) is 60.7 Å². The van der Waals surface area contributed by atoms with Crippen LogP contribution in [0.4, 0.5) is 0 Å². The molecule has 4 unspecified atom stereocenters. The van der Waals surface area contributed by atoms with Gasteiger partial charge in [-0.25, -0.2) is 0 Å². The average molecular weight is 365 g/mol. The normalized spacial score (nSPS) is 15.3. The fourth-order valence-electron chi connectivity index (χ4n) is 3.47. The Morgan fingerprint density at radius 1 is 1.07 bits per heavy atom. The van der Waals surface area contributed by atoms with Gasteiger partial charge in [-0.15, -0.1) is 0 Å². The highest BCUT2D eigenvalue weighted by atomic mass is 16.5. The summed E-state index contributed by atoms with van der Waals surface area (Å²) in [6.45, 7) is 4.38. The number of ether oxygens (including phenoxy) is 1. The van der Waals surface area contributed by atoms with Gasteiger partial charge in [0, 0.05) is 12.5 Å². The van der Waals surface area contributed by atoms with Gasteiger partial charge in [0.05, 0.1) is 24.0 Å². The molecule has 1 N–H and O–H groups in total. The molecule has 0 saturated carbocycles. The van der Waals surface area contributed by atoms with Crippen molar-refractivity contribution in [1.82, 2.24) is 0 Å². The fraction of sp³-hybridized carbons (Fsp3) is 0.391. The van der Waals surface area contributed by atoms with Gasteiger partial charge in [-0.05, 0) is 24.5 Å². The van der Waals surface area contributed by atoms with Crippen molar-refractivity contribution in [2.45, 2.75) is 44.6 Å². The molecule has 27 heavy (non-hydrogen) atoms. The summed E-state index contributed by atoms with van der Waals surface area (Å²) in [7, 11) is 0. The summed E-state index contributed by atoms with van der Waals surface area (Å²) in [5.41, 5.74) is 1.66. The van der Waals surface area contributed by atoms with Gasteiger partial charge in [0.2, 0.25) is 0 Å². The van der Waals surface area contributed by atoms with E-state index in [4.69, 9.17) is 4.74 Å². The first-order valence-electron chi connectivity index (χ1n) is 9.44. The quantitative estimate of drug-likeness (QED) is 0.603. The Morgan fingerprint density at radius 2 is 1.63 bits per heavy atom. The van der Waals surface area contributed by atoms with E-state index in [1.165, 1.54) is 0 Å². The largest absolute Gasteiger partial charge is 0.481 e. The van der Waals surface area contributed by atoms with Crippen molar-refractivity contribution in [3.8, 4) is 6.07 Å². The molecule has 2 rings (SSSR count). The number of nitrogens with zero attached hydrogens (tertiary/aromatic N) is 1. The molecule has 2 aromatic rings. The van der Waals surface area contributed by atoms with Gasteiger partial charge in [0.25, 0.3) is 0 Å². The van der Waals surface area contributed by atoms with Crippen LogP contribution in [0.2, 0.25) is 0 Å². The predicted octanol–water partition coefficient (Wildman–Crippen LogP) is 4.98. The molecule has 0 bridgehead atoms. The summed E-state index contributed by atoms with van der Waals surface area (Å²) in [4.78, 5) is 12.3. The lowest BCUT2D eigenvalue weighted by Gasteiger charge is -2.32. The molecule has 0 spiro atoms. The first-order valence-corrected chi connectivity index (χ1v) is 9.44. The molecule has 0 amide bonds. The molecule has 0 radical (unpaired) electrons. The van der Waals surface area contributed by atoms with Gasteiger partial charge in [0.15, 0.2) is 0 Å². The zero-order valence-electron chi connectivity index (χ0n) is 15.9. The second-order valence-electron chi connectivity index (χ2n) is 6.75. The van der Waals surface area contributed by atoms with Crippen LogP contribution in [0.3, 0.4) is 0 Å². The molecule has 0 aliphatic carbocycles. The van der Waals surface area contributed by atoms with Gasteiger partial charge >= 0.3 is 5.97 Å². The second kappa shape index (κ2) is 10.5. The summed E-state index contributed by atoms with van der Waals surface area (Å²) in [5.74, 6) is -2.85. The first kappa shape index (κ1) is 20.7. The third-order valence-electron chi connectivity index (χ3n) is 4.90. The van der Waals surface area contributed by atoms with E-state index in [0.29, 0.717) is 6.61 Å². The molecule has 0 aliphatic heterocycles. The first-order chi connectivity index (χ1) is 13.1. The molecule has 0 fully saturated rings. The SMILES string of the molecule is CCCCOC(C)C(C(=O)O)C(c1ccccc1)C(C#N)c1ccccc1. The van der Waals surface area contributed by atoms with Crippen LogP contribution in [0.1, 0.15) is 49.7 Å². The van der Waals surface area contributed by atoms with E-state index < -0.39 is 29.8 Å². The van der Waals surface area contributed by atoms with Gasteiger partial charge in [-0.1, -0.05) is 74.0 Å². The van der Waals surface area contributed by atoms with Crippen molar-refractivity contribution in [2.24, 2.45) is 5.92 Å². The summed E-state index contributed by atoms with van der Waals surface area (Å²) in [6, 6.07) is 21.2. The molecule has 0 saturated heterocycles. The van der Waals surface area contributed by atoms with Gasteiger partial charge in [-0.2, -0.15) is 5.26 Å². The van der Waals surface area contributed by atoms with Crippen LogP contribution in [-0.2, 0) is 9.53 Å². The zero-order chi connectivity index (χ0) is 19.6. The third-order valence-corrected chi connectivity index (χ3v) is 4.90. The third kappa shape index (κ3) is 5.42. The summed E-state index contributed by atoms with van der Waals surface area (Å²) >= 11 is 0. The Hall–Kier alpha value is -2.64. The van der Waals surface area contributed by atoms with Crippen LogP contribution in [0.5, 0.6) is 0 Å². The number of rotatable bonds is 10. The predicted molar refractivity (Wildman–Crippen MR) is 105 cm³/mol. The molecule has 4 nitrogen and oxygen atoms in total. The lowest BCUT2D eigenvalue weighted by molar-refractivity contribution is -0.148. The number of carboxylic acid groups (broad SMARTS) is 1. The summed E-state index contributed by atoms with van der Waals surface area (Å²) < 4.78 is 5.85. The van der Waals surface area contributed by atoms with E-state index in [2.05, 4.69) is 13.0 Å². The van der Waals surface area contributed by atoms with Crippen molar-refractivity contribution in [2.75, 3.05) is 6.61 Å². The lowest BCUT2D eigenvalue weighted by Crippen LogP contribution is -2.36. The molecule has 142 valence electrons. The van der Waals surface area contributed by atoms with E-state index in [9.17, 15) is 15.2 Å². The molecule has 0 aromatic heterocycles. The van der Waals surface area contributed by atoms with Crippen LogP contribution >= 0.6 is 0 Å². The van der Waals surface area contributed by atoms with E-state index in [1.54, 1.807) is 6.92 Å². The van der Waals surface area contributed by atoms with Crippen LogP contribution in [0, 0.1) is 17.2 Å². The fourth-order valence-corrected chi connectivity index (χ4v) is 3.47. The summed E-state index contributed by atoms with van der Waals surface area (Å²) in [5, 5.41) is 20.0. The Bertz CT molecular complexity index is 739. The van der Waals surface area contributed by atoms with Crippen molar-refractivity contribution in [3.63, 3.8) is 0 Å². The zero-order valence-corrected chi connectivity index (χ0v) is 15.9. The number of hydrogen-bond donors (Lipinski definition) is 1. The number of nitriles is 1. The Labute approximate surface area is 161 Å². The van der Waals surface area contributed by atoms with E-state index in [1.807, 2.05) is 60.7 Å². The van der Waals surface area contributed by atoms with Crippen LogP contribution in [0.25, 0.3) is 0 Å². The number of unbranched alkanes of at least 4 members (excludes halogenated alkanes) is 1. The van der Waals surface area contributed by atoms with Crippen LogP contribution in [-0.4, -0.2) is 23.8 Å². The molecule has 4 heteroatoms. The maximum Gasteiger partial charge on any atom is 0.309 e. The van der Waals surface area contributed by atoms with E-state index in [-0.39, 0.29) is 0 Å². The van der Waals surface area contributed by atoms with Crippen LogP contribution < -0.4 is 0 Å². The van der Waals surface area contributed by atoms with Gasteiger partial charge < -0.3 is 9.84 Å². The Morgan fingerprint density at radius 3 is 2.11 bits per heavy atom. The standard InChI is InChI=1S/C23H27NO3/c1-3-4-15-27-17(2)21(23(25)26)22(19-13-9-6-10-14-19)20(16-24)18-11-7-5-8-12-18/h5-14,17,20-22H,3-4,15H2,1-2H3,(H,25,26). The maximum absolute atomic E-state index is 12.3. The highest BCUT2D eigenvalue weighted by Crippen LogP contribution is 2.40. The molecule has 0 aliphatic rings. The minimum Gasteiger partial charge on any atom is -0.481 e. The maximum atomic E-state index is 12.3. The van der Waals surface area contributed by atoms with Gasteiger partial charge in [-0.3, -0.25) is 4.79 Å². The number of carbonyl (C=O) groups is 1. The highest BCUT2D eigenvalue weighted by molar-refractivity contribution is 5.72. The Balaban J connectivity index is 2.46. The molecule has 2 aromatic carbocycles. The summed E-state index contributed by atoms with van der Waals surface area (Å²) in [6.07, 6.45) is 1.36. The van der Waals surface area contributed by atoms with Crippen molar-refractivity contribution >= 4 is 5.97 Å². The minimum atomic E-state index is -0.941. The number of aliphatic carboxylic acids is 1. The highest BCUT2D eigenvalue weighted by Gasteiger charge is 2.40. The molecular formula is C23H27NO3. The smallest absolute Gasteiger partial charge is 0.309 e. The minimum absolute atomic E-state index is 0.501. The average Bonchev–Trinajstić information content (AvgIpc) is 2.69. The number of carboxylic acids is 1. The topological polar surface area (TPSA) is 70.3 Å². The number of benzene rings is 2. The van der Waals surface area contributed by atoms with E-state index >= 15 is 0 Å². The lowest BCUT2D eigenvalue weighted by atomic mass is 9.72. The van der Waals surface area contributed by atoms with E-state index in [0.717, 1.165) is 24.0 Å². The number of hydrogen-bond acceptors (Lipinski definition) is 3. The Kier molecular flexibility index (Phi) is 8.03. The van der Waals surface area contributed by atoms with Crippen molar-refractivity contribution < 1.29 is 14.6 Å². The monoisotopic (exact) mass is 365 g/mol. The molecular weight excluding hydrogens is 338 g/mol. The van der Waals surface area contributed by atoms with Crippen molar-refractivity contribution in [1.29, 1.82) is 5.26 Å². The molecule has 0 heterocycles.